The van der Waals surface area contributed by atoms with Gasteiger partial charge in [0, 0.05) is 13.1 Å². The zero-order valence-electron chi connectivity index (χ0n) is 14.2. The van der Waals surface area contributed by atoms with E-state index in [0.717, 1.165) is 23.9 Å². The molecule has 0 aromatic carbocycles. The largest absolute Gasteiger partial charge is 0.464 e. The molecule has 8 heteroatoms. The van der Waals surface area contributed by atoms with Crippen molar-refractivity contribution in [3.63, 3.8) is 0 Å². The van der Waals surface area contributed by atoms with Gasteiger partial charge in [0.05, 0.1) is 19.2 Å². The van der Waals surface area contributed by atoms with Gasteiger partial charge in [-0.1, -0.05) is 0 Å². The van der Waals surface area contributed by atoms with Crippen molar-refractivity contribution in [3.8, 4) is 0 Å². The minimum absolute atomic E-state index is 0.132. The zero-order chi connectivity index (χ0) is 17.1. The quantitative estimate of drug-likeness (QED) is 0.925. The smallest absolute Gasteiger partial charge is 0.318 e. The number of hydrogen-bond donors (Lipinski definition) is 1. The van der Waals surface area contributed by atoms with Gasteiger partial charge in [-0.25, -0.2) is 4.79 Å². The SMILES string of the molecule is CCn1cnnc1[C@@H]1CN(C(=O)N[C@H](C)c2ccc(C)o2)CCO1. The predicted molar refractivity (Wildman–Crippen MR) is 86.4 cm³/mol. The van der Waals surface area contributed by atoms with Crippen LogP contribution in [0.3, 0.4) is 0 Å². The molecule has 130 valence electrons. The van der Waals surface area contributed by atoms with Gasteiger partial charge in [-0.15, -0.1) is 10.2 Å². The Morgan fingerprint density at radius 2 is 2.33 bits per heavy atom. The summed E-state index contributed by atoms with van der Waals surface area (Å²) in [4.78, 5) is 14.3. The molecule has 2 atom stereocenters. The maximum Gasteiger partial charge on any atom is 0.318 e. The fourth-order valence-electron chi connectivity index (χ4n) is 2.78. The van der Waals surface area contributed by atoms with E-state index in [-0.39, 0.29) is 18.2 Å². The Bertz CT molecular complexity index is 695. The Kier molecular flexibility index (Phi) is 4.84. The fraction of sp³-hybridized carbons (Fsp3) is 0.562. The molecule has 24 heavy (non-hydrogen) atoms. The highest BCUT2D eigenvalue weighted by molar-refractivity contribution is 5.74. The fourth-order valence-corrected chi connectivity index (χ4v) is 2.78. The van der Waals surface area contributed by atoms with E-state index in [4.69, 9.17) is 9.15 Å². The molecule has 2 aromatic heterocycles. The summed E-state index contributed by atoms with van der Waals surface area (Å²) in [6.45, 7) is 8.05. The van der Waals surface area contributed by atoms with E-state index in [1.807, 2.05) is 37.5 Å². The van der Waals surface area contributed by atoms with Gasteiger partial charge in [0.15, 0.2) is 5.82 Å². The minimum Gasteiger partial charge on any atom is -0.464 e. The van der Waals surface area contributed by atoms with Crippen molar-refractivity contribution in [2.75, 3.05) is 19.7 Å². The summed E-state index contributed by atoms with van der Waals surface area (Å²) < 4.78 is 13.3. The lowest BCUT2D eigenvalue weighted by Gasteiger charge is -2.33. The van der Waals surface area contributed by atoms with E-state index in [0.29, 0.717) is 19.7 Å². The van der Waals surface area contributed by atoms with Crippen LogP contribution in [0.25, 0.3) is 0 Å². The molecule has 0 radical (unpaired) electrons. The van der Waals surface area contributed by atoms with Crippen molar-refractivity contribution in [1.82, 2.24) is 25.0 Å². The van der Waals surface area contributed by atoms with Crippen LogP contribution in [0, 0.1) is 6.92 Å². The predicted octanol–water partition coefficient (Wildman–Crippen LogP) is 2.04. The lowest BCUT2D eigenvalue weighted by molar-refractivity contribution is -0.0221. The molecule has 2 aromatic rings. The van der Waals surface area contributed by atoms with Gasteiger partial charge >= 0.3 is 6.03 Å². The summed E-state index contributed by atoms with van der Waals surface area (Å²) in [6.07, 6.45) is 1.42. The number of rotatable bonds is 4. The number of urea groups is 1. The molecule has 0 saturated carbocycles. The Labute approximate surface area is 140 Å². The summed E-state index contributed by atoms with van der Waals surface area (Å²) in [5, 5.41) is 11.0. The van der Waals surface area contributed by atoms with Crippen molar-refractivity contribution >= 4 is 6.03 Å². The topological polar surface area (TPSA) is 85.4 Å². The minimum atomic E-state index is -0.256. The molecule has 1 aliphatic heterocycles. The first-order valence-electron chi connectivity index (χ1n) is 8.19. The van der Waals surface area contributed by atoms with Crippen LogP contribution in [0.5, 0.6) is 0 Å². The molecule has 1 saturated heterocycles. The third kappa shape index (κ3) is 3.43. The molecular weight excluding hydrogens is 310 g/mol. The Morgan fingerprint density at radius 1 is 1.50 bits per heavy atom. The van der Waals surface area contributed by atoms with Gasteiger partial charge in [-0.3, -0.25) is 0 Å². The van der Waals surface area contributed by atoms with Gasteiger partial charge in [-0.05, 0) is 32.9 Å². The van der Waals surface area contributed by atoms with Gasteiger partial charge in [0.1, 0.15) is 24.0 Å². The normalized spacial score (nSPS) is 19.3. The van der Waals surface area contributed by atoms with Crippen molar-refractivity contribution in [2.45, 2.75) is 39.5 Å². The van der Waals surface area contributed by atoms with Gasteiger partial charge in [0.2, 0.25) is 0 Å². The van der Waals surface area contributed by atoms with Crippen LogP contribution in [0.15, 0.2) is 22.9 Å². The second-order valence-corrected chi connectivity index (χ2v) is 5.90. The lowest BCUT2D eigenvalue weighted by Crippen LogP contribution is -2.48. The third-order valence-electron chi connectivity index (χ3n) is 4.16. The molecule has 1 fully saturated rings. The van der Waals surface area contributed by atoms with Crippen LogP contribution < -0.4 is 5.32 Å². The molecule has 2 amide bonds. The maximum absolute atomic E-state index is 12.5. The highest BCUT2D eigenvalue weighted by Crippen LogP contribution is 2.21. The van der Waals surface area contributed by atoms with Crippen LogP contribution >= 0.6 is 0 Å². The van der Waals surface area contributed by atoms with E-state index in [2.05, 4.69) is 15.5 Å². The zero-order valence-corrected chi connectivity index (χ0v) is 14.2. The second kappa shape index (κ2) is 7.04. The number of aromatic nitrogens is 3. The van der Waals surface area contributed by atoms with Crippen molar-refractivity contribution in [2.24, 2.45) is 0 Å². The van der Waals surface area contributed by atoms with E-state index in [9.17, 15) is 4.79 Å². The number of amides is 2. The number of nitrogens with zero attached hydrogens (tertiary/aromatic N) is 4. The molecule has 0 spiro atoms. The first kappa shape index (κ1) is 16.5. The molecule has 1 N–H and O–H groups in total. The molecule has 0 unspecified atom stereocenters. The number of morpholine rings is 1. The standard InChI is InChI=1S/C16H23N5O3/c1-4-20-10-17-19-15(20)14-9-21(7-8-23-14)16(22)18-12(3)13-6-5-11(2)24-13/h5-6,10,12,14H,4,7-9H2,1-3H3,(H,18,22)/t12-,14+/m1/s1. The Hall–Kier alpha value is -2.35. The van der Waals surface area contributed by atoms with Crippen molar-refractivity contribution < 1.29 is 13.9 Å². The second-order valence-electron chi connectivity index (χ2n) is 5.90. The van der Waals surface area contributed by atoms with Crippen molar-refractivity contribution in [1.29, 1.82) is 0 Å². The molecule has 3 heterocycles. The molecular formula is C16H23N5O3. The van der Waals surface area contributed by atoms with E-state index in [1.54, 1.807) is 11.2 Å². The molecule has 8 nitrogen and oxygen atoms in total. The van der Waals surface area contributed by atoms with Gasteiger partial charge in [0.25, 0.3) is 0 Å². The van der Waals surface area contributed by atoms with E-state index < -0.39 is 0 Å². The van der Waals surface area contributed by atoms with Crippen LogP contribution in [0.4, 0.5) is 4.79 Å². The summed E-state index contributed by atoms with van der Waals surface area (Å²) in [6, 6.07) is 3.45. The highest BCUT2D eigenvalue weighted by atomic mass is 16.5. The van der Waals surface area contributed by atoms with Crippen molar-refractivity contribution in [3.05, 3.63) is 35.8 Å². The average Bonchev–Trinajstić information content (AvgIpc) is 3.23. The first-order valence-corrected chi connectivity index (χ1v) is 8.19. The summed E-state index contributed by atoms with van der Waals surface area (Å²) in [5.41, 5.74) is 0. The van der Waals surface area contributed by atoms with Crippen LogP contribution in [-0.2, 0) is 11.3 Å². The monoisotopic (exact) mass is 333 g/mol. The van der Waals surface area contributed by atoms with E-state index in [1.165, 1.54) is 0 Å². The number of ether oxygens (including phenoxy) is 1. The summed E-state index contributed by atoms with van der Waals surface area (Å²) >= 11 is 0. The van der Waals surface area contributed by atoms with Crippen LogP contribution in [0.2, 0.25) is 0 Å². The van der Waals surface area contributed by atoms with Crippen LogP contribution in [-0.4, -0.2) is 45.4 Å². The molecule has 0 bridgehead atoms. The van der Waals surface area contributed by atoms with E-state index >= 15 is 0 Å². The molecule has 3 rings (SSSR count). The summed E-state index contributed by atoms with van der Waals surface area (Å²) in [7, 11) is 0. The number of nitrogens with one attached hydrogen (secondary N) is 1. The highest BCUT2D eigenvalue weighted by Gasteiger charge is 2.29. The molecule has 1 aliphatic rings. The maximum atomic E-state index is 12.5. The number of furan rings is 1. The van der Waals surface area contributed by atoms with Gasteiger partial charge in [-0.2, -0.15) is 0 Å². The average molecular weight is 333 g/mol. The number of hydrogen-bond acceptors (Lipinski definition) is 5. The number of aryl methyl sites for hydroxylation is 2. The Morgan fingerprint density at radius 3 is 3.04 bits per heavy atom. The number of carbonyl (C=O) groups excluding carboxylic acids is 1. The Balaban J connectivity index is 1.63. The lowest BCUT2D eigenvalue weighted by atomic mass is 10.2. The summed E-state index contributed by atoms with van der Waals surface area (Å²) in [5.74, 6) is 2.33. The number of carbonyl (C=O) groups is 1. The third-order valence-corrected chi connectivity index (χ3v) is 4.16. The van der Waals surface area contributed by atoms with Crippen LogP contribution in [0.1, 0.15) is 43.3 Å². The van der Waals surface area contributed by atoms with Gasteiger partial charge < -0.3 is 23.9 Å². The first-order chi connectivity index (χ1) is 11.6. The molecule has 0 aliphatic carbocycles.